The minimum absolute atomic E-state index is 0.337. The second kappa shape index (κ2) is 6.26. The Balaban J connectivity index is 2.27. The third-order valence-corrected chi connectivity index (χ3v) is 4.20. The predicted octanol–water partition coefficient (Wildman–Crippen LogP) is 2.63. The first-order valence-electron chi connectivity index (χ1n) is 6.42. The number of likely N-dealkylation sites (tertiary alicyclic amines) is 1. The Morgan fingerprint density at radius 3 is 2.80 bits per heavy atom. The normalized spacial score (nSPS) is 18.9. The summed E-state index contributed by atoms with van der Waals surface area (Å²) in [6.45, 7) is 0.432. The molecule has 1 aromatic carbocycles. The van der Waals surface area contributed by atoms with Crippen LogP contribution in [0.4, 0.5) is 4.39 Å². The first-order chi connectivity index (χ1) is 9.54. The molecule has 4 nitrogen and oxygen atoms in total. The molecule has 0 aliphatic carbocycles. The average molecular weight is 297 g/mol. The van der Waals surface area contributed by atoms with Gasteiger partial charge in [0.1, 0.15) is 11.9 Å². The number of carboxylic acids is 1. The Hall–Kier alpha value is -1.56. The zero-order valence-electron chi connectivity index (χ0n) is 11.1. The number of halogens is 1. The molecule has 1 N–H and O–H groups in total. The molecule has 0 radical (unpaired) electrons. The van der Waals surface area contributed by atoms with Crippen LogP contribution < -0.4 is 0 Å². The highest BCUT2D eigenvalue weighted by atomic mass is 32.2. The van der Waals surface area contributed by atoms with Gasteiger partial charge in [-0.1, -0.05) is 0 Å². The summed E-state index contributed by atoms with van der Waals surface area (Å²) in [5.74, 6) is -1.69. The Morgan fingerprint density at radius 2 is 2.15 bits per heavy atom. The van der Waals surface area contributed by atoms with Crippen molar-refractivity contribution in [3.8, 4) is 0 Å². The van der Waals surface area contributed by atoms with Gasteiger partial charge in [0.05, 0.1) is 0 Å². The van der Waals surface area contributed by atoms with Crippen molar-refractivity contribution in [2.24, 2.45) is 0 Å². The second-order valence-electron chi connectivity index (χ2n) is 4.70. The van der Waals surface area contributed by atoms with E-state index in [0.29, 0.717) is 23.4 Å². The molecule has 1 fully saturated rings. The molecule has 0 unspecified atom stereocenters. The van der Waals surface area contributed by atoms with Gasteiger partial charge in [0, 0.05) is 17.0 Å². The zero-order valence-corrected chi connectivity index (χ0v) is 12.0. The van der Waals surface area contributed by atoms with Gasteiger partial charge in [0.2, 0.25) is 0 Å². The van der Waals surface area contributed by atoms with Crippen molar-refractivity contribution in [2.45, 2.75) is 30.2 Å². The topological polar surface area (TPSA) is 57.6 Å². The van der Waals surface area contributed by atoms with Crippen LogP contribution >= 0.6 is 11.8 Å². The SMILES string of the molecule is CSc1cc(C(=O)N2CCCC[C@@H]2C(=O)O)ccc1F. The number of carbonyl (C=O) groups is 2. The smallest absolute Gasteiger partial charge is 0.326 e. The van der Waals surface area contributed by atoms with Crippen molar-refractivity contribution in [3.05, 3.63) is 29.6 Å². The number of hydrogen-bond acceptors (Lipinski definition) is 3. The highest BCUT2D eigenvalue weighted by Gasteiger charge is 2.32. The Kier molecular flexibility index (Phi) is 4.65. The van der Waals surface area contributed by atoms with Gasteiger partial charge < -0.3 is 10.0 Å². The zero-order chi connectivity index (χ0) is 14.7. The van der Waals surface area contributed by atoms with E-state index in [-0.39, 0.29) is 11.7 Å². The maximum atomic E-state index is 13.4. The largest absolute Gasteiger partial charge is 0.480 e. The van der Waals surface area contributed by atoms with Crippen LogP contribution in [0.2, 0.25) is 0 Å². The van der Waals surface area contributed by atoms with E-state index in [1.54, 1.807) is 6.26 Å². The van der Waals surface area contributed by atoms with Crippen LogP contribution in [-0.4, -0.2) is 40.7 Å². The lowest BCUT2D eigenvalue weighted by Crippen LogP contribution is -2.48. The van der Waals surface area contributed by atoms with E-state index in [2.05, 4.69) is 0 Å². The molecule has 0 aromatic heterocycles. The van der Waals surface area contributed by atoms with E-state index in [1.165, 1.54) is 34.9 Å². The predicted molar refractivity (Wildman–Crippen MR) is 74.5 cm³/mol. The minimum atomic E-state index is -0.981. The fraction of sp³-hybridized carbons (Fsp3) is 0.429. The maximum absolute atomic E-state index is 13.4. The Bertz CT molecular complexity index is 535. The number of hydrogen-bond donors (Lipinski definition) is 1. The molecular weight excluding hydrogens is 281 g/mol. The van der Waals surface area contributed by atoms with E-state index in [0.717, 1.165) is 12.8 Å². The summed E-state index contributed by atoms with van der Waals surface area (Å²) >= 11 is 1.22. The lowest BCUT2D eigenvalue weighted by Gasteiger charge is -2.33. The van der Waals surface area contributed by atoms with Crippen molar-refractivity contribution >= 4 is 23.6 Å². The summed E-state index contributed by atoms with van der Waals surface area (Å²) in [6.07, 6.45) is 3.80. The summed E-state index contributed by atoms with van der Waals surface area (Å²) in [6, 6.07) is 3.36. The molecule has 0 saturated carbocycles. The number of thioether (sulfide) groups is 1. The standard InChI is InChI=1S/C14H16FNO3S/c1-20-12-8-9(5-6-10(12)15)13(17)16-7-3-2-4-11(16)14(18)19/h5-6,8,11H,2-4,7H2,1H3,(H,18,19)/t11-/m1/s1. The lowest BCUT2D eigenvalue weighted by atomic mass is 10.0. The first-order valence-corrected chi connectivity index (χ1v) is 7.64. The maximum Gasteiger partial charge on any atom is 0.326 e. The van der Waals surface area contributed by atoms with E-state index < -0.39 is 12.0 Å². The number of carboxylic acid groups (broad SMARTS) is 1. The summed E-state index contributed by atoms with van der Waals surface area (Å²) < 4.78 is 13.4. The van der Waals surface area contributed by atoms with Gasteiger partial charge in [0.15, 0.2) is 0 Å². The number of benzene rings is 1. The third-order valence-electron chi connectivity index (χ3n) is 3.45. The van der Waals surface area contributed by atoms with Gasteiger partial charge in [-0.15, -0.1) is 11.8 Å². The summed E-state index contributed by atoms with van der Waals surface area (Å²) in [7, 11) is 0. The van der Waals surface area contributed by atoms with Gasteiger partial charge in [-0.05, 0) is 43.7 Å². The summed E-state index contributed by atoms with van der Waals surface area (Å²) in [5.41, 5.74) is 0.337. The lowest BCUT2D eigenvalue weighted by molar-refractivity contribution is -0.143. The molecule has 108 valence electrons. The molecule has 1 amide bonds. The quantitative estimate of drug-likeness (QED) is 0.871. The molecule has 20 heavy (non-hydrogen) atoms. The highest BCUT2D eigenvalue weighted by molar-refractivity contribution is 7.98. The number of amides is 1. The molecule has 1 aromatic rings. The van der Waals surface area contributed by atoms with Crippen LogP contribution in [-0.2, 0) is 4.79 Å². The van der Waals surface area contributed by atoms with Gasteiger partial charge in [-0.2, -0.15) is 0 Å². The fourth-order valence-electron chi connectivity index (χ4n) is 2.39. The van der Waals surface area contributed by atoms with Crippen LogP contribution in [0.5, 0.6) is 0 Å². The van der Waals surface area contributed by atoms with E-state index >= 15 is 0 Å². The van der Waals surface area contributed by atoms with Crippen molar-refractivity contribution in [3.63, 3.8) is 0 Å². The molecular formula is C14H16FNO3S. The van der Waals surface area contributed by atoms with Crippen LogP contribution in [0.3, 0.4) is 0 Å². The van der Waals surface area contributed by atoms with E-state index in [1.807, 2.05) is 0 Å². The molecule has 0 bridgehead atoms. The van der Waals surface area contributed by atoms with Crippen molar-refractivity contribution in [1.82, 2.24) is 4.90 Å². The summed E-state index contributed by atoms with van der Waals surface area (Å²) in [5, 5.41) is 9.19. The van der Waals surface area contributed by atoms with Crippen molar-refractivity contribution in [2.75, 3.05) is 12.8 Å². The van der Waals surface area contributed by atoms with Crippen LogP contribution in [0, 0.1) is 5.82 Å². The van der Waals surface area contributed by atoms with Crippen molar-refractivity contribution in [1.29, 1.82) is 0 Å². The second-order valence-corrected chi connectivity index (χ2v) is 5.55. The highest BCUT2D eigenvalue weighted by Crippen LogP contribution is 2.24. The van der Waals surface area contributed by atoms with Crippen LogP contribution in [0.1, 0.15) is 29.6 Å². The third kappa shape index (κ3) is 2.95. The first kappa shape index (κ1) is 14.8. The Morgan fingerprint density at radius 1 is 1.40 bits per heavy atom. The number of rotatable bonds is 3. The van der Waals surface area contributed by atoms with Gasteiger partial charge in [-0.3, -0.25) is 4.79 Å². The monoisotopic (exact) mass is 297 g/mol. The summed E-state index contributed by atoms with van der Waals surface area (Å²) in [4.78, 5) is 25.4. The number of aliphatic carboxylic acids is 1. The molecule has 1 aliphatic heterocycles. The minimum Gasteiger partial charge on any atom is -0.480 e. The Labute approximate surface area is 121 Å². The van der Waals surface area contributed by atoms with Crippen LogP contribution in [0.25, 0.3) is 0 Å². The van der Waals surface area contributed by atoms with Crippen molar-refractivity contribution < 1.29 is 19.1 Å². The molecule has 1 saturated heterocycles. The fourth-order valence-corrected chi connectivity index (χ4v) is 2.90. The molecule has 1 heterocycles. The molecule has 1 atom stereocenters. The van der Waals surface area contributed by atoms with Gasteiger partial charge in [-0.25, -0.2) is 9.18 Å². The van der Waals surface area contributed by atoms with E-state index in [4.69, 9.17) is 0 Å². The molecule has 1 aliphatic rings. The molecule has 6 heteroatoms. The average Bonchev–Trinajstić information content (AvgIpc) is 2.47. The van der Waals surface area contributed by atoms with Crippen LogP contribution in [0.15, 0.2) is 23.1 Å². The molecule has 2 rings (SSSR count). The van der Waals surface area contributed by atoms with E-state index in [9.17, 15) is 19.1 Å². The number of piperidine rings is 1. The molecule has 0 spiro atoms. The van der Waals surface area contributed by atoms with Gasteiger partial charge >= 0.3 is 5.97 Å². The number of carbonyl (C=O) groups excluding carboxylic acids is 1. The van der Waals surface area contributed by atoms with Gasteiger partial charge in [0.25, 0.3) is 5.91 Å². The number of nitrogens with zero attached hydrogens (tertiary/aromatic N) is 1.